The molecule has 0 radical (unpaired) electrons. The third-order valence-corrected chi connectivity index (χ3v) is 7.50. The van der Waals surface area contributed by atoms with Gasteiger partial charge >= 0.3 is 18.2 Å². The number of anilines is 1. The molecule has 10 nitrogen and oxygen atoms in total. The highest BCUT2D eigenvalue weighted by molar-refractivity contribution is 7.18. The van der Waals surface area contributed by atoms with E-state index in [4.69, 9.17) is 18.9 Å². The molecule has 2 saturated heterocycles. The molecule has 0 bridgehead atoms. The molecule has 2 fully saturated rings. The van der Waals surface area contributed by atoms with Crippen molar-refractivity contribution in [2.75, 3.05) is 24.5 Å². The van der Waals surface area contributed by atoms with Crippen LogP contribution in [0.25, 0.3) is 10.4 Å². The van der Waals surface area contributed by atoms with Gasteiger partial charge < -0.3 is 23.8 Å². The number of amides is 1. The Morgan fingerprint density at radius 3 is 2.17 bits per heavy atom. The highest BCUT2D eigenvalue weighted by Crippen LogP contribution is 2.34. The van der Waals surface area contributed by atoms with Gasteiger partial charge in [0, 0.05) is 26.2 Å². The number of benzene rings is 1. The smallest absolute Gasteiger partial charge is 0.456 e. The number of ether oxygens (including phenoxy) is 4. The van der Waals surface area contributed by atoms with Crippen molar-refractivity contribution in [1.82, 2.24) is 9.88 Å². The largest absolute Gasteiger partial charge is 0.509 e. The van der Waals surface area contributed by atoms with Crippen LogP contribution in [0.1, 0.15) is 60.5 Å². The molecule has 11 heteroatoms. The molecular weight excluding hydrogens is 534 g/mol. The predicted molar refractivity (Wildman–Crippen MR) is 151 cm³/mol. The Balaban J connectivity index is 1.56. The second kappa shape index (κ2) is 11.6. The lowest BCUT2D eigenvalue weighted by molar-refractivity contribution is -0.153. The fourth-order valence-corrected chi connectivity index (χ4v) is 5.53. The van der Waals surface area contributed by atoms with Gasteiger partial charge in [0.2, 0.25) is 0 Å². The van der Waals surface area contributed by atoms with Gasteiger partial charge in [0.25, 0.3) is 0 Å². The van der Waals surface area contributed by atoms with Gasteiger partial charge in [0.1, 0.15) is 11.2 Å². The molecule has 1 amide bonds. The zero-order chi connectivity index (χ0) is 29.2. The molecule has 3 heterocycles. The van der Waals surface area contributed by atoms with Crippen molar-refractivity contribution >= 4 is 34.7 Å². The lowest BCUT2D eigenvalue weighted by Gasteiger charge is -2.30. The molecule has 40 heavy (non-hydrogen) atoms. The van der Waals surface area contributed by atoms with Gasteiger partial charge in [-0.15, -0.1) is 0 Å². The molecule has 0 saturated carbocycles. The third kappa shape index (κ3) is 7.65. The number of thiazole rings is 1. The Hall–Kier alpha value is -3.34. The number of hydrogen-bond acceptors (Lipinski definition) is 10. The van der Waals surface area contributed by atoms with E-state index in [0.29, 0.717) is 6.42 Å². The van der Waals surface area contributed by atoms with E-state index in [2.05, 4.69) is 9.88 Å². The highest BCUT2D eigenvalue weighted by Gasteiger charge is 2.49. The van der Waals surface area contributed by atoms with Crippen molar-refractivity contribution in [2.24, 2.45) is 0 Å². The molecule has 0 N–H and O–H groups in total. The summed E-state index contributed by atoms with van der Waals surface area (Å²) < 4.78 is 22.2. The number of esters is 1. The van der Waals surface area contributed by atoms with Crippen molar-refractivity contribution in [2.45, 2.75) is 90.8 Å². The van der Waals surface area contributed by atoms with Crippen molar-refractivity contribution in [3.05, 3.63) is 36.0 Å². The topological polar surface area (TPSA) is 107 Å². The second-order valence-electron chi connectivity index (χ2n) is 12.1. The fraction of sp³-hybridized carbons (Fsp3) is 0.586. The second-order valence-corrected chi connectivity index (χ2v) is 13.2. The zero-order valence-electron chi connectivity index (χ0n) is 24.3. The van der Waals surface area contributed by atoms with Crippen LogP contribution < -0.4 is 4.90 Å². The van der Waals surface area contributed by atoms with Gasteiger partial charge in [-0.25, -0.2) is 14.6 Å². The number of carbonyl (C=O) groups excluding carboxylic acids is 3. The fourth-order valence-electron chi connectivity index (χ4n) is 4.56. The van der Waals surface area contributed by atoms with Gasteiger partial charge in [-0.3, -0.25) is 9.69 Å². The number of hydrogen-bond donors (Lipinski definition) is 0. The Kier molecular flexibility index (Phi) is 8.63. The van der Waals surface area contributed by atoms with Gasteiger partial charge in [-0.05, 0) is 65.5 Å². The monoisotopic (exact) mass is 573 g/mol. The molecule has 2 aromatic rings. The van der Waals surface area contributed by atoms with Crippen LogP contribution in [-0.4, -0.2) is 77.2 Å². The molecule has 0 unspecified atom stereocenters. The predicted octanol–water partition coefficient (Wildman–Crippen LogP) is 5.43. The molecule has 1 aromatic heterocycles. The zero-order valence-corrected chi connectivity index (χ0v) is 25.1. The van der Waals surface area contributed by atoms with E-state index in [1.165, 1.54) is 18.2 Å². The SMILES string of the molecule is CC(=O)O[C@@H]1[C@@H](OC(=O)OC(C)(C)C)CN(C(=O)OC(C)(C)C)[C@@H]1Cc1ccc(-c2cnc(N3CCC3)s2)cc1. The summed E-state index contributed by atoms with van der Waals surface area (Å²) in [5, 5.41) is 1.03. The number of nitrogens with zero attached hydrogens (tertiary/aromatic N) is 3. The molecule has 2 aliphatic rings. The lowest BCUT2D eigenvalue weighted by Crippen LogP contribution is -2.45. The summed E-state index contributed by atoms with van der Waals surface area (Å²) in [5.74, 6) is -0.544. The molecule has 1 aromatic carbocycles. The van der Waals surface area contributed by atoms with E-state index < -0.39 is 47.7 Å². The molecule has 4 rings (SSSR count). The van der Waals surface area contributed by atoms with Crippen molar-refractivity contribution in [3.63, 3.8) is 0 Å². The van der Waals surface area contributed by atoms with Crippen LogP contribution in [0, 0.1) is 0 Å². The van der Waals surface area contributed by atoms with E-state index in [1.807, 2.05) is 30.5 Å². The maximum absolute atomic E-state index is 13.3. The van der Waals surface area contributed by atoms with Gasteiger partial charge in [-0.2, -0.15) is 0 Å². The summed E-state index contributed by atoms with van der Waals surface area (Å²) in [6.45, 7) is 13.9. The molecule has 0 spiro atoms. The molecule has 0 aliphatic carbocycles. The van der Waals surface area contributed by atoms with E-state index in [-0.39, 0.29) is 6.54 Å². The van der Waals surface area contributed by atoms with Crippen molar-refractivity contribution < 1.29 is 33.3 Å². The molecule has 3 atom stereocenters. The highest BCUT2D eigenvalue weighted by atomic mass is 32.1. The summed E-state index contributed by atoms with van der Waals surface area (Å²) >= 11 is 1.66. The summed E-state index contributed by atoms with van der Waals surface area (Å²) in [6.07, 6.45) is 0.140. The first-order valence-corrected chi connectivity index (χ1v) is 14.4. The van der Waals surface area contributed by atoms with E-state index >= 15 is 0 Å². The van der Waals surface area contributed by atoms with Crippen molar-refractivity contribution in [1.29, 1.82) is 0 Å². The number of rotatable bonds is 6. The first kappa shape index (κ1) is 29.6. The Bertz CT molecular complexity index is 1210. The summed E-state index contributed by atoms with van der Waals surface area (Å²) in [5.41, 5.74) is 0.455. The van der Waals surface area contributed by atoms with Crippen LogP contribution >= 0.6 is 11.3 Å². The minimum Gasteiger partial charge on any atom is -0.456 e. The van der Waals surface area contributed by atoms with E-state index in [9.17, 15) is 14.4 Å². The normalized spacial score (nSPS) is 21.0. The first-order chi connectivity index (χ1) is 18.7. The average molecular weight is 574 g/mol. The molecule has 218 valence electrons. The van der Waals surface area contributed by atoms with Crippen molar-refractivity contribution in [3.8, 4) is 10.4 Å². The van der Waals surface area contributed by atoms with Gasteiger partial charge in [0.15, 0.2) is 17.3 Å². The quantitative estimate of drug-likeness (QED) is 0.330. The molecule has 2 aliphatic heterocycles. The summed E-state index contributed by atoms with van der Waals surface area (Å²) in [7, 11) is 0. The van der Waals surface area contributed by atoms with E-state index in [0.717, 1.165) is 34.2 Å². The third-order valence-electron chi connectivity index (χ3n) is 6.39. The number of carbonyl (C=O) groups is 3. The average Bonchev–Trinajstić information content (AvgIpc) is 3.37. The summed E-state index contributed by atoms with van der Waals surface area (Å²) in [6, 6.07) is 7.38. The van der Waals surface area contributed by atoms with Crippen LogP contribution in [0.5, 0.6) is 0 Å². The Morgan fingerprint density at radius 2 is 1.62 bits per heavy atom. The minimum absolute atomic E-state index is 0.00497. The van der Waals surface area contributed by atoms with Crippen LogP contribution in [0.15, 0.2) is 30.5 Å². The standard InChI is InChI=1S/C29H39N3O7S/c1-18(33)36-24-21(15-19-9-11-20(12-10-19)23-16-30-25(40-23)31-13-8-14-31)32(26(34)38-28(2,3)4)17-22(24)37-27(35)39-29(5,6)7/h9-12,16,21-22,24H,8,13-15,17H2,1-7H3/t21-,22+,24+/m1/s1. The maximum atomic E-state index is 13.3. The lowest BCUT2D eigenvalue weighted by atomic mass is 9.99. The van der Waals surface area contributed by atoms with Crippen LogP contribution in [0.4, 0.5) is 14.7 Å². The first-order valence-electron chi connectivity index (χ1n) is 13.5. The Labute approximate surface area is 239 Å². The maximum Gasteiger partial charge on any atom is 0.509 e. The van der Waals surface area contributed by atoms with Gasteiger partial charge in [0.05, 0.1) is 17.5 Å². The minimum atomic E-state index is -0.923. The van der Waals surface area contributed by atoms with Crippen LogP contribution in [0.2, 0.25) is 0 Å². The van der Waals surface area contributed by atoms with Crippen LogP contribution in [0.3, 0.4) is 0 Å². The summed E-state index contributed by atoms with van der Waals surface area (Å²) in [4.78, 5) is 47.3. The number of likely N-dealkylation sites (tertiary alicyclic amines) is 1. The molecular formula is C29H39N3O7S. The Morgan fingerprint density at radius 1 is 0.975 bits per heavy atom. The van der Waals surface area contributed by atoms with E-state index in [1.54, 1.807) is 52.9 Å². The van der Waals surface area contributed by atoms with Gasteiger partial charge in [-0.1, -0.05) is 35.6 Å². The van der Waals surface area contributed by atoms with Crippen LogP contribution in [-0.2, 0) is 30.2 Å². The number of aromatic nitrogens is 1.